The SMILES string of the molecule is COc1ccc2oc3c(c2c1)CCN[C@]31CS[C@H]2c3c(OC(C)=O)c(C)c4c(c3[C@@H](COC1=O)N1[C@H]2[C@@H]2c3c(cc(C)c(OC)c3O)C[C@@H]([C@H]1O)N2C)OCO4. The number of aromatic hydroxyl groups is 1. The lowest BCUT2D eigenvalue weighted by Crippen LogP contribution is -2.70. The van der Waals surface area contributed by atoms with Crippen LogP contribution in [0.5, 0.6) is 34.5 Å². The van der Waals surface area contributed by atoms with Crippen LogP contribution in [0.25, 0.3) is 11.0 Å². The zero-order chi connectivity index (χ0) is 38.9. The molecule has 1 aromatic heterocycles. The van der Waals surface area contributed by atoms with Crippen molar-refractivity contribution in [2.75, 3.05) is 47.0 Å². The molecular weight excluding hydrogens is 743 g/mol. The first-order valence-electron chi connectivity index (χ1n) is 18.8. The second-order valence-corrected chi connectivity index (χ2v) is 16.7. The molecule has 0 saturated carbocycles. The van der Waals surface area contributed by atoms with Crippen molar-refractivity contribution in [1.29, 1.82) is 0 Å². The fourth-order valence-electron chi connectivity index (χ4n) is 10.4. The summed E-state index contributed by atoms with van der Waals surface area (Å²) in [4.78, 5) is 31.9. The van der Waals surface area contributed by atoms with Crippen molar-refractivity contribution in [2.45, 2.75) is 74.8 Å². The Kier molecular flexibility index (Phi) is 8.08. The molecule has 14 nitrogen and oxygen atoms in total. The largest absolute Gasteiger partial charge is 0.504 e. The predicted molar refractivity (Wildman–Crippen MR) is 203 cm³/mol. The van der Waals surface area contributed by atoms with Gasteiger partial charge in [0.15, 0.2) is 28.5 Å². The lowest BCUT2D eigenvalue weighted by Gasteiger charge is -2.62. The topological polar surface area (TPSA) is 162 Å². The third kappa shape index (κ3) is 4.71. The molecule has 1 spiro atoms. The van der Waals surface area contributed by atoms with E-state index >= 15 is 0 Å². The number of aryl methyl sites for hydroxylation is 1. The van der Waals surface area contributed by atoms with Crippen LogP contribution in [-0.2, 0) is 32.7 Å². The summed E-state index contributed by atoms with van der Waals surface area (Å²) in [5.41, 5.74) is 4.50. The molecule has 8 heterocycles. The second kappa shape index (κ2) is 12.7. The van der Waals surface area contributed by atoms with Crippen molar-refractivity contribution in [3.8, 4) is 34.5 Å². The smallest absolute Gasteiger partial charge is 0.335 e. The number of nitrogens with zero attached hydrogens (tertiary/aromatic N) is 2. The lowest BCUT2D eigenvalue weighted by atomic mass is 9.73. The maximum Gasteiger partial charge on any atom is 0.335 e. The number of rotatable bonds is 3. The molecule has 4 bridgehead atoms. The molecule has 7 aliphatic heterocycles. The number of fused-ring (bicyclic) bond motifs is 11. The van der Waals surface area contributed by atoms with Crippen molar-refractivity contribution >= 4 is 34.7 Å². The van der Waals surface area contributed by atoms with Crippen LogP contribution < -0.4 is 29.0 Å². The fourth-order valence-corrected chi connectivity index (χ4v) is 12.1. The van der Waals surface area contributed by atoms with Gasteiger partial charge in [0.2, 0.25) is 6.79 Å². The number of hydrogen-bond acceptors (Lipinski definition) is 15. The third-order valence-corrected chi connectivity index (χ3v) is 14.2. The average Bonchev–Trinajstić information content (AvgIpc) is 3.82. The number of ether oxygens (including phenoxy) is 6. The van der Waals surface area contributed by atoms with Gasteiger partial charge < -0.3 is 43.1 Å². The molecule has 7 aliphatic rings. The maximum atomic E-state index is 14.8. The standard InChI is InChI=1S/C41H43N3O11S/c1-17-11-20-12-24-39(47)44-25-14-51-40(48)41(38-22(9-10-42-41)23-13-21(49-5)7-8-26(23)55-38)15-56-37(31(44)30(43(24)4)27(20)32(46)33(17)50-6)29-28(25)36-35(52-16-53-36)18(2)34(29)54-19(3)45/h7-8,11,13,24-25,30-31,37,39,42,46-47H,9-10,12,14-16H2,1-6H3/t24-,25+,30-,31-,37-,39+,41+/m0/s1. The molecule has 4 aromatic rings. The quantitative estimate of drug-likeness (QED) is 0.197. The van der Waals surface area contributed by atoms with E-state index in [1.165, 1.54) is 18.7 Å². The Morgan fingerprint density at radius 3 is 2.62 bits per heavy atom. The molecule has 0 aliphatic carbocycles. The van der Waals surface area contributed by atoms with Crippen LogP contribution in [0.2, 0.25) is 0 Å². The van der Waals surface area contributed by atoms with Gasteiger partial charge in [-0.1, -0.05) is 6.07 Å². The van der Waals surface area contributed by atoms with Gasteiger partial charge in [-0.3, -0.25) is 19.9 Å². The first-order valence-corrected chi connectivity index (χ1v) is 19.9. The number of benzene rings is 3. The van der Waals surface area contributed by atoms with Crippen LogP contribution in [0.3, 0.4) is 0 Å². The van der Waals surface area contributed by atoms with Crippen LogP contribution in [0, 0.1) is 13.8 Å². The van der Waals surface area contributed by atoms with E-state index in [-0.39, 0.29) is 30.9 Å². The van der Waals surface area contributed by atoms with Gasteiger partial charge in [-0.05, 0) is 63.1 Å². The molecule has 2 fully saturated rings. The third-order valence-electron chi connectivity index (χ3n) is 12.8. The van der Waals surface area contributed by atoms with Gasteiger partial charge in [-0.15, -0.1) is 11.8 Å². The normalized spacial score (nSPS) is 28.9. The highest BCUT2D eigenvalue weighted by Gasteiger charge is 2.62. The second-order valence-electron chi connectivity index (χ2n) is 15.5. The summed E-state index contributed by atoms with van der Waals surface area (Å²) >= 11 is 1.49. The number of likely N-dealkylation sites (N-methyl/N-ethyl adjacent to an activating group) is 1. The summed E-state index contributed by atoms with van der Waals surface area (Å²) in [6.07, 6.45) is 0.0463. The van der Waals surface area contributed by atoms with Gasteiger partial charge in [0.25, 0.3) is 0 Å². The zero-order valence-electron chi connectivity index (χ0n) is 31.9. The Bertz CT molecular complexity index is 2360. The number of furan rings is 1. The number of nitrogens with one attached hydrogen (secondary N) is 1. The first kappa shape index (κ1) is 35.7. The van der Waals surface area contributed by atoms with Gasteiger partial charge in [0.05, 0.1) is 37.6 Å². The molecule has 7 atom stereocenters. The minimum Gasteiger partial charge on any atom is -0.504 e. The van der Waals surface area contributed by atoms with E-state index in [1.807, 2.05) is 50.1 Å². The van der Waals surface area contributed by atoms with Crippen molar-refractivity contribution in [2.24, 2.45) is 0 Å². The summed E-state index contributed by atoms with van der Waals surface area (Å²) in [6, 6.07) is 5.46. The molecule has 2 saturated heterocycles. The van der Waals surface area contributed by atoms with Gasteiger partial charge in [0.1, 0.15) is 35.7 Å². The summed E-state index contributed by atoms with van der Waals surface area (Å²) < 4.78 is 42.7. The number of methoxy groups -OCH3 is 2. The number of carbonyl (C=O) groups excluding carboxylic acids is 2. The van der Waals surface area contributed by atoms with Crippen LogP contribution in [-0.4, -0.2) is 97.2 Å². The summed E-state index contributed by atoms with van der Waals surface area (Å²) in [6.45, 7) is 5.36. The Morgan fingerprint density at radius 2 is 1.86 bits per heavy atom. The molecule has 294 valence electrons. The minimum absolute atomic E-state index is 0.0496. The Morgan fingerprint density at radius 1 is 1.05 bits per heavy atom. The number of thioether (sulfide) groups is 1. The number of esters is 2. The van der Waals surface area contributed by atoms with E-state index in [0.717, 1.165) is 22.1 Å². The number of phenolic OH excluding ortho intramolecular Hbond substituents is 1. The number of aliphatic hydroxyl groups is 1. The monoisotopic (exact) mass is 785 g/mol. The number of phenols is 1. The van der Waals surface area contributed by atoms with Gasteiger partial charge >= 0.3 is 11.9 Å². The van der Waals surface area contributed by atoms with Crippen LogP contribution in [0.4, 0.5) is 0 Å². The van der Waals surface area contributed by atoms with Crippen LogP contribution >= 0.6 is 11.8 Å². The van der Waals surface area contributed by atoms with E-state index in [4.69, 9.17) is 32.8 Å². The van der Waals surface area contributed by atoms with Crippen LogP contribution in [0.1, 0.15) is 69.0 Å². The number of piperazine rings is 1. The predicted octanol–water partition coefficient (Wildman–Crippen LogP) is 4.45. The lowest BCUT2D eigenvalue weighted by molar-refractivity contribution is -0.186. The average molecular weight is 786 g/mol. The van der Waals surface area contributed by atoms with Gasteiger partial charge in [0, 0.05) is 58.5 Å². The molecule has 0 unspecified atom stereocenters. The molecule has 3 aromatic carbocycles. The fraction of sp³-hybridized carbons (Fsp3) is 0.463. The van der Waals surface area contributed by atoms with E-state index in [0.29, 0.717) is 81.7 Å². The summed E-state index contributed by atoms with van der Waals surface area (Å²) in [5.74, 6) is 1.99. The molecular formula is C41H43N3O11S. The summed E-state index contributed by atoms with van der Waals surface area (Å²) in [5, 5.41) is 28.5. The maximum absolute atomic E-state index is 14.8. The molecule has 15 heteroatoms. The molecule has 0 radical (unpaired) electrons. The summed E-state index contributed by atoms with van der Waals surface area (Å²) in [7, 11) is 5.13. The molecule has 11 rings (SSSR count). The van der Waals surface area contributed by atoms with Crippen molar-refractivity contribution in [3.63, 3.8) is 0 Å². The van der Waals surface area contributed by atoms with Crippen LogP contribution in [0.15, 0.2) is 28.7 Å². The zero-order valence-corrected chi connectivity index (χ0v) is 32.7. The van der Waals surface area contributed by atoms with E-state index in [2.05, 4.69) is 10.2 Å². The van der Waals surface area contributed by atoms with E-state index in [1.54, 1.807) is 14.2 Å². The Balaban J connectivity index is 1.23. The van der Waals surface area contributed by atoms with Gasteiger partial charge in [-0.2, -0.15) is 0 Å². The number of aliphatic hydroxyl groups excluding tert-OH is 1. The van der Waals surface area contributed by atoms with Crippen molar-refractivity contribution < 1.29 is 52.6 Å². The Labute approximate surface area is 326 Å². The highest BCUT2D eigenvalue weighted by molar-refractivity contribution is 7.99. The highest BCUT2D eigenvalue weighted by atomic mass is 32.2. The minimum atomic E-state index is -1.39. The number of carbonyl (C=O) groups is 2. The van der Waals surface area contributed by atoms with Crippen molar-refractivity contribution in [1.82, 2.24) is 15.1 Å². The molecule has 0 amide bonds. The van der Waals surface area contributed by atoms with Crippen molar-refractivity contribution in [3.05, 3.63) is 69.0 Å². The van der Waals surface area contributed by atoms with E-state index < -0.39 is 47.1 Å². The molecule has 3 N–H and O–H groups in total. The Hall–Kier alpha value is -4.67. The highest BCUT2D eigenvalue weighted by Crippen LogP contribution is 2.64. The van der Waals surface area contributed by atoms with E-state index in [9.17, 15) is 19.8 Å². The first-order chi connectivity index (χ1) is 27.0. The molecule has 56 heavy (non-hydrogen) atoms. The number of hydrogen-bond donors (Lipinski definition) is 3. The van der Waals surface area contributed by atoms with Gasteiger partial charge in [-0.25, -0.2) is 4.79 Å².